The molecule has 0 amide bonds. The maximum Gasteiger partial charge on any atom is 0.183 e. The first-order valence-electron chi connectivity index (χ1n) is 9.62. The summed E-state index contributed by atoms with van der Waals surface area (Å²) in [5.74, 6) is 1.72. The minimum atomic E-state index is 0.173. The number of nitrogens with zero attached hydrogens (tertiary/aromatic N) is 2. The SMILES string of the molecule is N#CN[C@H]1C[C@H](C2CC(Nc3ncc(C4CCCCC4)s3)CC2=O)C1. The fourth-order valence-corrected chi connectivity index (χ4v) is 5.85. The monoisotopic (exact) mass is 358 g/mol. The molecule has 3 aliphatic rings. The molecule has 2 atom stereocenters. The molecule has 3 fully saturated rings. The summed E-state index contributed by atoms with van der Waals surface area (Å²) in [6.45, 7) is 0. The van der Waals surface area contributed by atoms with Crippen LogP contribution in [0.25, 0.3) is 0 Å². The third kappa shape index (κ3) is 3.67. The lowest BCUT2D eigenvalue weighted by Crippen LogP contribution is -2.43. The molecule has 0 spiro atoms. The molecule has 2 unspecified atom stereocenters. The van der Waals surface area contributed by atoms with Crippen LogP contribution >= 0.6 is 11.3 Å². The van der Waals surface area contributed by atoms with Crippen LogP contribution in [0.3, 0.4) is 0 Å². The third-order valence-corrected chi connectivity index (χ3v) is 7.36. The van der Waals surface area contributed by atoms with E-state index in [0.717, 1.165) is 24.4 Å². The van der Waals surface area contributed by atoms with Gasteiger partial charge in [-0.05, 0) is 43.9 Å². The maximum atomic E-state index is 12.4. The van der Waals surface area contributed by atoms with Crippen molar-refractivity contribution >= 4 is 22.3 Å². The Morgan fingerprint density at radius 3 is 2.72 bits per heavy atom. The number of ketones is 1. The quantitative estimate of drug-likeness (QED) is 0.618. The van der Waals surface area contributed by atoms with Gasteiger partial charge in [-0.25, -0.2) is 4.98 Å². The Bertz CT molecular complexity index is 655. The minimum absolute atomic E-state index is 0.173. The van der Waals surface area contributed by atoms with Gasteiger partial charge in [0, 0.05) is 35.5 Å². The number of nitrogens with one attached hydrogen (secondary N) is 2. The number of rotatable bonds is 5. The van der Waals surface area contributed by atoms with E-state index in [9.17, 15) is 4.79 Å². The van der Waals surface area contributed by atoms with E-state index in [-0.39, 0.29) is 18.0 Å². The summed E-state index contributed by atoms with van der Waals surface area (Å²) in [5.41, 5.74) is 0. The molecule has 1 aromatic rings. The Morgan fingerprint density at radius 2 is 1.96 bits per heavy atom. The Balaban J connectivity index is 1.30. The topological polar surface area (TPSA) is 77.8 Å². The Hall–Kier alpha value is -1.61. The van der Waals surface area contributed by atoms with E-state index in [0.29, 0.717) is 24.0 Å². The van der Waals surface area contributed by atoms with Gasteiger partial charge < -0.3 is 10.6 Å². The molecule has 0 saturated heterocycles. The van der Waals surface area contributed by atoms with Crippen molar-refractivity contribution in [2.75, 3.05) is 5.32 Å². The average molecular weight is 359 g/mol. The summed E-state index contributed by atoms with van der Waals surface area (Å²) in [7, 11) is 0. The highest BCUT2D eigenvalue weighted by Gasteiger charge is 2.43. The van der Waals surface area contributed by atoms with E-state index >= 15 is 0 Å². The fourth-order valence-electron chi connectivity index (χ4n) is 4.78. The normalized spacial score (nSPS) is 32.8. The molecule has 2 N–H and O–H groups in total. The second kappa shape index (κ2) is 7.33. The highest BCUT2D eigenvalue weighted by molar-refractivity contribution is 7.15. The van der Waals surface area contributed by atoms with Gasteiger partial charge in [-0.15, -0.1) is 11.3 Å². The van der Waals surface area contributed by atoms with Crippen LogP contribution < -0.4 is 10.6 Å². The highest BCUT2D eigenvalue weighted by Crippen LogP contribution is 2.42. The summed E-state index contributed by atoms with van der Waals surface area (Å²) in [4.78, 5) is 18.4. The first-order chi connectivity index (χ1) is 12.2. The van der Waals surface area contributed by atoms with E-state index < -0.39 is 0 Å². The van der Waals surface area contributed by atoms with Gasteiger partial charge in [-0.2, -0.15) is 5.26 Å². The largest absolute Gasteiger partial charge is 0.358 e. The number of aromatic nitrogens is 1. The maximum absolute atomic E-state index is 12.4. The number of hydrogen-bond acceptors (Lipinski definition) is 6. The standard InChI is InChI=1S/C19H26N4OS/c20-11-22-14-6-13(7-14)16-8-15(9-17(16)24)23-19-21-10-18(25-19)12-4-2-1-3-5-12/h10,12-16,22H,1-9H2,(H,21,23)/t13-,14-,15?,16?. The molecule has 0 bridgehead atoms. The number of Topliss-reactive ketones (excluding diaryl/α,β-unsaturated/α-hetero) is 1. The number of thiazole rings is 1. The summed E-state index contributed by atoms with van der Waals surface area (Å²) in [6, 6.07) is 0.512. The zero-order chi connectivity index (χ0) is 17.2. The third-order valence-electron chi connectivity index (χ3n) is 6.27. The van der Waals surface area contributed by atoms with E-state index in [4.69, 9.17) is 5.26 Å². The number of hydrogen-bond donors (Lipinski definition) is 2. The summed E-state index contributed by atoms with van der Waals surface area (Å²) in [5, 5.41) is 16.0. The van der Waals surface area contributed by atoms with Crippen molar-refractivity contribution in [3.8, 4) is 6.19 Å². The predicted molar refractivity (Wildman–Crippen MR) is 98.3 cm³/mol. The van der Waals surface area contributed by atoms with Gasteiger partial charge in [-0.3, -0.25) is 4.79 Å². The highest BCUT2D eigenvalue weighted by atomic mass is 32.1. The lowest BCUT2D eigenvalue weighted by Gasteiger charge is -2.37. The zero-order valence-corrected chi connectivity index (χ0v) is 15.4. The zero-order valence-electron chi connectivity index (χ0n) is 14.5. The molecule has 5 nitrogen and oxygen atoms in total. The number of anilines is 1. The van der Waals surface area contributed by atoms with Gasteiger partial charge in [0.2, 0.25) is 0 Å². The van der Waals surface area contributed by atoms with Gasteiger partial charge in [0.1, 0.15) is 5.78 Å². The molecular formula is C19H26N4OS. The fraction of sp³-hybridized carbons (Fsp3) is 0.737. The van der Waals surface area contributed by atoms with E-state index in [2.05, 4.69) is 15.6 Å². The molecule has 0 aliphatic heterocycles. The number of nitriles is 1. The molecule has 1 heterocycles. The summed E-state index contributed by atoms with van der Waals surface area (Å²) < 4.78 is 0. The molecule has 6 heteroatoms. The molecule has 134 valence electrons. The smallest absolute Gasteiger partial charge is 0.183 e. The Labute approximate surface area is 153 Å². The second-order valence-electron chi connectivity index (χ2n) is 7.94. The van der Waals surface area contributed by atoms with Crippen molar-refractivity contribution in [1.29, 1.82) is 5.26 Å². The van der Waals surface area contributed by atoms with Gasteiger partial charge in [0.05, 0.1) is 0 Å². The van der Waals surface area contributed by atoms with Crippen molar-refractivity contribution in [2.45, 2.75) is 75.8 Å². The van der Waals surface area contributed by atoms with Crippen molar-refractivity contribution < 1.29 is 4.79 Å². The van der Waals surface area contributed by atoms with E-state index in [1.54, 1.807) is 11.3 Å². The lowest BCUT2D eigenvalue weighted by molar-refractivity contribution is -0.123. The van der Waals surface area contributed by atoms with Gasteiger partial charge in [-0.1, -0.05) is 19.3 Å². The van der Waals surface area contributed by atoms with Gasteiger partial charge in [0.25, 0.3) is 0 Å². The molecule has 3 aliphatic carbocycles. The van der Waals surface area contributed by atoms with Gasteiger partial charge >= 0.3 is 0 Å². The lowest BCUT2D eigenvalue weighted by atomic mass is 9.71. The molecular weight excluding hydrogens is 332 g/mol. The summed E-state index contributed by atoms with van der Waals surface area (Å²) in [6.07, 6.45) is 14.2. The minimum Gasteiger partial charge on any atom is -0.358 e. The molecule has 25 heavy (non-hydrogen) atoms. The molecule has 3 saturated carbocycles. The van der Waals surface area contributed by atoms with Crippen molar-refractivity contribution in [3.63, 3.8) is 0 Å². The predicted octanol–water partition coefficient (Wildman–Crippen LogP) is 3.80. The van der Waals surface area contributed by atoms with Crippen LogP contribution in [-0.4, -0.2) is 22.9 Å². The molecule has 0 aromatic carbocycles. The molecule has 0 radical (unpaired) electrons. The van der Waals surface area contributed by atoms with Crippen LogP contribution in [-0.2, 0) is 4.79 Å². The van der Waals surface area contributed by atoms with Crippen LogP contribution in [0, 0.1) is 23.3 Å². The molecule has 1 aromatic heterocycles. The second-order valence-corrected chi connectivity index (χ2v) is 9.00. The molecule has 4 rings (SSSR count). The average Bonchev–Trinajstić information content (AvgIpc) is 3.19. The first-order valence-corrected chi connectivity index (χ1v) is 10.4. The first kappa shape index (κ1) is 16.8. The number of carbonyl (C=O) groups is 1. The van der Waals surface area contributed by atoms with Crippen molar-refractivity contribution in [2.24, 2.45) is 11.8 Å². The van der Waals surface area contributed by atoms with Crippen LogP contribution in [0.2, 0.25) is 0 Å². The van der Waals surface area contributed by atoms with Crippen LogP contribution in [0.15, 0.2) is 6.20 Å². The van der Waals surface area contributed by atoms with Gasteiger partial charge in [0.15, 0.2) is 11.3 Å². The summed E-state index contributed by atoms with van der Waals surface area (Å²) >= 11 is 1.78. The van der Waals surface area contributed by atoms with E-state index in [1.807, 2.05) is 12.4 Å². The van der Waals surface area contributed by atoms with Crippen LogP contribution in [0.1, 0.15) is 68.6 Å². The van der Waals surface area contributed by atoms with Crippen LogP contribution in [0.5, 0.6) is 0 Å². The van der Waals surface area contributed by atoms with Crippen molar-refractivity contribution in [1.82, 2.24) is 10.3 Å². The van der Waals surface area contributed by atoms with Crippen LogP contribution in [0.4, 0.5) is 5.13 Å². The van der Waals surface area contributed by atoms with E-state index in [1.165, 1.54) is 37.0 Å². The Kier molecular flexibility index (Phi) is 4.93. The Morgan fingerprint density at radius 1 is 1.16 bits per heavy atom. The van der Waals surface area contributed by atoms with Crippen molar-refractivity contribution in [3.05, 3.63) is 11.1 Å². The number of carbonyl (C=O) groups excluding carboxylic acids is 1.